The highest BCUT2D eigenvalue weighted by atomic mass is 19.1. The van der Waals surface area contributed by atoms with Crippen molar-refractivity contribution in [1.29, 1.82) is 0 Å². The fraction of sp³-hybridized carbons (Fsp3) is 0.517. The minimum atomic E-state index is -0.539. The van der Waals surface area contributed by atoms with Crippen molar-refractivity contribution >= 4 is 34.0 Å². The molecule has 3 aromatic heterocycles. The maximum Gasteiger partial charge on any atom is 0.319 e. The van der Waals surface area contributed by atoms with Crippen molar-refractivity contribution in [3.05, 3.63) is 24.0 Å². The molecular weight excluding hydrogens is 527 g/mol. The summed E-state index contributed by atoms with van der Waals surface area (Å²) in [6.07, 6.45) is 6.85. The van der Waals surface area contributed by atoms with Gasteiger partial charge in [-0.25, -0.2) is 9.37 Å². The number of halogens is 1. The van der Waals surface area contributed by atoms with Crippen LogP contribution in [0.3, 0.4) is 0 Å². The van der Waals surface area contributed by atoms with Crippen LogP contribution in [0.15, 0.2) is 22.6 Å². The summed E-state index contributed by atoms with van der Waals surface area (Å²) in [5, 5.41) is 3.55. The standard InChI is InChI=1S/C29H33FN8O3/c1-39-26-19(18-6-7-20(30)24-22(18)35-27(31)41-24)12-21-23(34-26)25(38-16-4-5-17(38)14-32-13-16)36-28(33-21)40-15-29-8-2-10-37(29)11-3-9-29/h6-7,12,16-17,32H,2-5,8-11,13-15H2,1H3,(H2,31,35). The van der Waals surface area contributed by atoms with Gasteiger partial charge in [-0.2, -0.15) is 15.0 Å². The Balaban J connectivity index is 1.28. The molecule has 1 aromatic carbocycles. The van der Waals surface area contributed by atoms with Crippen molar-refractivity contribution in [2.75, 3.05) is 50.5 Å². The SMILES string of the molecule is COc1nc2c(N3C4CCC3CNC4)nc(OCC34CCCN3CCC4)nc2cc1-c1ccc(F)c2oc(N)nc12. The maximum absolute atomic E-state index is 14.5. The first-order chi connectivity index (χ1) is 20.0. The van der Waals surface area contributed by atoms with Crippen LogP contribution in [0.2, 0.25) is 0 Å². The molecule has 3 N–H and O–H groups in total. The van der Waals surface area contributed by atoms with Gasteiger partial charge in [0.15, 0.2) is 17.2 Å². The van der Waals surface area contributed by atoms with Gasteiger partial charge in [0.25, 0.3) is 6.01 Å². The van der Waals surface area contributed by atoms with E-state index in [0.29, 0.717) is 58.3 Å². The number of methoxy groups -OCH3 is 1. The minimum Gasteiger partial charge on any atom is -0.481 e. The van der Waals surface area contributed by atoms with Crippen molar-refractivity contribution in [3.8, 4) is 23.0 Å². The lowest BCUT2D eigenvalue weighted by molar-refractivity contribution is 0.108. The van der Waals surface area contributed by atoms with E-state index >= 15 is 0 Å². The largest absolute Gasteiger partial charge is 0.481 e. The molecule has 0 aliphatic carbocycles. The second kappa shape index (κ2) is 9.38. The molecule has 4 fully saturated rings. The quantitative estimate of drug-likeness (QED) is 0.360. The first-order valence-electron chi connectivity index (χ1n) is 14.5. The van der Waals surface area contributed by atoms with Gasteiger partial charge in [0.05, 0.1) is 18.2 Å². The number of nitrogens with two attached hydrogens (primary N) is 1. The van der Waals surface area contributed by atoms with Gasteiger partial charge < -0.3 is 29.8 Å². The summed E-state index contributed by atoms with van der Waals surface area (Å²) in [6.45, 7) is 4.62. The van der Waals surface area contributed by atoms with Crippen LogP contribution in [-0.4, -0.2) is 82.4 Å². The smallest absolute Gasteiger partial charge is 0.319 e. The zero-order valence-corrected chi connectivity index (χ0v) is 23.0. The van der Waals surface area contributed by atoms with Crippen molar-refractivity contribution in [1.82, 2.24) is 30.2 Å². The van der Waals surface area contributed by atoms with Crippen LogP contribution in [0.4, 0.5) is 16.2 Å². The molecule has 4 aromatic rings. The van der Waals surface area contributed by atoms with E-state index in [1.54, 1.807) is 13.2 Å². The van der Waals surface area contributed by atoms with Crippen LogP contribution < -0.4 is 25.4 Å². The van der Waals surface area contributed by atoms with Gasteiger partial charge in [-0.15, -0.1) is 0 Å². The average molecular weight is 561 g/mol. The Kier molecular flexibility index (Phi) is 5.72. The first kappa shape index (κ1) is 25.0. The van der Waals surface area contributed by atoms with E-state index < -0.39 is 5.82 Å². The number of benzene rings is 1. The predicted octanol–water partition coefficient (Wildman–Crippen LogP) is 3.51. The topological polar surface area (TPSA) is 128 Å². The summed E-state index contributed by atoms with van der Waals surface area (Å²) in [4.78, 5) is 24.1. The summed E-state index contributed by atoms with van der Waals surface area (Å²) in [7, 11) is 1.57. The number of hydrogen-bond donors (Lipinski definition) is 2. The van der Waals surface area contributed by atoms with Crippen molar-refractivity contribution in [2.45, 2.75) is 56.1 Å². The molecule has 4 aliphatic heterocycles. The Morgan fingerprint density at radius 3 is 2.59 bits per heavy atom. The second-order valence-corrected chi connectivity index (χ2v) is 11.7. The Bertz CT molecular complexity index is 1630. The Hall–Kier alpha value is -3.77. The highest BCUT2D eigenvalue weighted by molar-refractivity contribution is 5.97. The molecule has 0 spiro atoms. The third kappa shape index (κ3) is 3.91. The number of piperazine rings is 1. The van der Waals surface area contributed by atoms with E-state index in [4.69, 9.17) is 34.6 Å². The zero-order chi connectivity index (χ0) is 27.7. The summed E-state index contributed by atoms with van der Waals surface area (Å²) in [5.74, 6) is 0.591. The third-order valence-electron chi connectivity index (χ3n) is 9.50. The number of nitrogens with one attached hydrogen (secondary N) is 1. The molecule has 0 radical (unpaired) electrons. The molecule has 4 aliphatic rings. The number of aromatic nitrogens is 4. The number of ether oxygens (including phenoxy) is 2. The zero-order valence-electron chi connectivity index (χ0n) is 23.0. The summed E-state index contributed by atoms with van der Waals surface area (Å²) >= 11 is 0. The van der Waals surface area contributed by atoms with E-state index in [0.717, 1.165) is 57.7 Å². The van der Waals surface area contributed by atoms with Crippen LogP contribution in [0.5, 0.6) is 11.9 Å². The van der Waals surface area contributed by atoms with Crippen molar-refractivity contribution in [3.63, 3.8) is 0 Å². The number of anilines is 2. The number of oxazole rings is 1. The summed E-state index contributed by atoms with van der Waals surface area (Å²) in [6, 6.07) is 5.75. The molecule has 12 heteroatoms. The van der Waals surface area contributed by atoms with E-state index in [1.807, 2.05) is 6.07 Å². The lowest BCUT2D eigenvalue weighted by atomic mass is 9.95. The average Bonchev–Trinajstić information content (AvgIpc) is 3.72. The molecule has 2 atom stereocenters. The molecule has 41 heavy (non-hydrogen) atoms. The molecule has 2 unspecified atom stereocenters. The molecular formula is C29H33FN8O3. The van der Waals surface area contributed by atoms with Gasteiger partial charge in [-0.3, -0.25) is 4.90 Å². The molecule has 4 saturated heterocycles. The van der Waals surface area contributed by atoms with Crippen LogP contribution in [0.1, 0.15) is 38.5 Å². The highest BCUT2D eigenvalue weighted by Gasteiger charge is 2.45. The van der Waals surface area contributed by atoms with Gasteiger partial charge >= 0.3 is 6.01 Å². The van der Waals surface area contributed by atoms with Gasteiger partial charge in [0, 0.05) is 36.3 Å². The van der Waals surface area contributed by atoms with Gasteiger partial charge in [0.2, 0.25) is 5.88 Å². The Morgan fingerprint density at radius 2 is 1.83 bits per heavy atom. The van der Waals surface area contributed by atoms with Crippen LogP contribution in [0.25, 0.3) is 33.3 Å². The highest BCUT2D eigenvalue weighted by Crippen LogP contribution is 2.42. The monoisotopic (exact) mass is 560 g/mol. The van der Waals surface area contributed by atoms with E-state index in [-0.39, 0.29) is 17.1 Å². The fourth-order valence-corrected chi connectivity index (χ4v) is 7.59. The van der Waals surface area contributed by atoms with Gasteiger partial charge in [0.1, 0.15) is 17.6 Å². The number of pyridine rings is 1. The fourth-order valence-electron chi connectivity index (χ4n) is 7.59. The lowest BCUT2D eigenvalue weighted by Gasteiger charge is -2.36. The lowest BCUT2D eigenvalue weighted by Crippen LogP contribution is -2.52. The number of rotatable bonds is 6. The molecule has 214 valence electrons. The van der Waals surface area contributed by atoms with Crippen molar-refractivity contribution < 1.29 is 18.3 Å². The summed E-state index contributed by atoms with van der Waals surface area (Å²) in [5.41, 5.74) is 8.63. The Morgan fingerprint density at radius 1 is 1.05 bits per heavy atom. The number of nitrogens with zero attached hydrogens (tertiary/aromatic N) is 6. The first-order valence-corrected chi connectivity index (χ1v) is 14.5. The van der Waals surface area contributed by atoms with Crippen LogP contribution >= 0.6 is 0 Å². The summed E-state index contributed by atoms with van der Waals surface area (Å²) < 4.78 is 32.1. The molecule has 0 saturated carbocycles. The molecule has 7 heterocycles. The molecule has 8 rings (SSSR count). The third-order valence-corrected chi connectivity index (χ3v) is 9.50. The van der Waals surface area contributed by atoms with E-state index in [2.05, 4.69) is 20.1 Å². The van der Waals surface area contributed by atoms with Gasteiger partial charge in [-0.05, 0) is 69.8 Å². The Labute approximate surface area is 236 Å². The van der Waals surface area contributed by atoms with Crippen molar-refractivity contribution in [2.24, 2.45) is 0 Å². The number of nitrogen functional groups attached to an aromatic ring is 1. The minimum absolute atomic E-state index is 0.0103. The number of hydrogen-bond acceptors (Lipinski definition) is 11. The molecule has 2 bridgehead atoms. The maximum atomic E-state index is 14.5. The normalized spacial score (nSPS) is 23.5. The van der Waals surface area contributed by atoms with Gasteiger partial charge in [-0.1, -0.05) is 0 Å². The number of fused-ring (bicyclic) bond motifs is 5. The van der Waals surface area contributed by atoms with Crippen LogP contribution in [0, 0.1) is 5.82 Å². The molecule has 0 amide bonds. The predicted molar refractivity (Wildman–Crippen MR) is 152 cm³/mol. The molecule has 11 nitrogen and oxygen atoms in total. The van der Waals surface area contributed by atoms with E-state index in [9.17, 15) is 4.39 Å². The van der Waals surface area contributed by atoms with E-state index in [1.165, 1.54) is 18.9 Å². The second-order valence-electron chi connectivity index (χ2n) is 11.7. The van der Waals surface area contributed by atoms with Crippen LogP contribution in [-0.2, 0) is 0 Å².